The number of hydrogen-bond acceptors (Lipinski definition) is 5. The van der Waals surface area contributed by atoms with E-state index < -0.39 is 22.0 Å². The van der Waals surface area contributed by atoms with Crippen molar-refractivity contribution in [2.45, 2.75) is 19.9 Å². The SMILES string of the molecule is CCS(=O)(=O)N(CC(=O)NC(C)c1ccc(F)cc1)c1ccc2c(c1)OCO2. The van der Waals surface area contributed by atoms with Gasteiger partial charge in [-0.25, -0.2) is 12.8 Å². The van der Waals surface area contributed by atoms with Crippen LogP contribution in [0.15, 0.2) is 42.5 Å². The van der Waals surface area contributed by atoms with E-state index in [1.165, 1.54) is 25.1 Å². The van der Waals surface area contributed by atoms with Crippen molar-refractivity contribution in [1.29, 1.82) is 0 Å². The van der Waals surface area contributed by atoms with Crippen LogP contribution in [-0.2, 0) is 14.8 Å². The van der Waals surface area contributed by atoms with Crippen LogP contribution in [-0.4, -0.2) is 33.4 Å². The third kappa shape index (κ3) is 4.36. The lowest BCUT2D eigenvalue weighted by Crippen LogP contribution is -2.42. The molecule has 2 aromatic carbocycles. The standard InChI is InChI=1S/C19H21FN2O5S/c1-3-28(24,25)22(16-8-9-17-18(10-16)27-12-26-17)11-19(23)21-13(2)14-4-6-15(20)7-5-14/h4-10,13H,3,11-12H2,1-2H3,(H,21,23). The lowest BCUT2D eigenvalue weighted by Gasteiger charge is -2.24. The van der Waals surface area contributed by atoms with E-state index in [0.717, 1.165) is 4.31 Å². The van der Waals surface area contributed by atoms with Crippen molar-refractivity contribution in [3.63, 3.8) is 0 Å². The Hall–Kier alpha value is -2.81. The Morgan fingerprint density at radius 1 is 1.18 bits per heavy atom. The smallest absolute Gasteiger partial charge is 0.241 e. The number of hydrogen-bond donors (Lipinski definition) is 1. The highest BCUT2D eigenvalue weighted by molar-refractivity contribution is 7.92. The molecule has 1 aliphatic rings. The Balaban J connectivity index is 1.78. The maximum absolute atomic E-state index is 13.1. The van der Waals surface area contributed by atoms with Crippen LogP contribution in [0.5, 0.6) is 11.5 Å². The summed E-state index contributed by atoms with van der Waals surface area (Å²) in [5, 5.41) is 2.74. The molecule has 2 aromatic rings. The largest absolute Gasteiger partial charge is 0.454 e. The molecule has 1 N–H and O–H groups in total. The van der Waals surface area contributed by atoms with Gasteiger partial charge in [0.05, 0.1) is 17.5 Å². The van der Waals surface area contributed by atoms with Crippen LogP contribution in [0.4, 0.5) is 10.1 Å². The molecule has 0 fully saturated rings. The van der Waals surface area contributed by atoms with Crippen molar-refractivity contribution in [3.05, 3.63) is 53.8 Å². The normalized spacial score (nSPS) is 13.8. The first-order valence-corrected chi connectivity index (χ1v) is 10.4. The summed E-state index contributed by atoms with van der Waals surface area (Å²) in [6, 6.07) is 10.0. The summed E-state index contributed by atoms with van der Waals surface area (Å²) < 4.78 is 49.8. The van der Waals surface area contributed by atoms with Gasteiger partial charge in [-0.2, -0.15) is 0 Å². The number of ether oxygens (including phenoxy) is 2. The summed E-state index contributed by atoms with van der Waals surface area (Å²) in [6.07, 6.45) is 0. The Bertz CT molecular complexity index is 963. The van der Waals surface area contributed by atoms with E-state index in [-0.39, 0.29) is 24.9 Å². The first kappa shape index (κ1) is 19.9. The molecule has 1 atom stereocenters. The second-order valence-electron chi connectivity index (χ2n) is 6.29. The molecule has 0 aromatic heterocycles. The number of amides is 1. The summed E-state index contributed by atoms with van der Waals surface area (Å²) in [6.45, 7) is 2.93. The highest BCUT2D eigenvalue weighted by Gasteiger charge is 2.26. The van der Waals surface area contributed by atoms with Gasteiger partial charge >= 0.3 is 0 Å². The minimum Gasteiger partial charge on any atom is -0.454 e. The fourth-order valence-electron chi connectivity index (χ4n) is 2.80. The topological polar surface area (TPSA) is 84.9 Å². The number of benzene rings is 2. The molecule has 1 unspecified atom stereocenters. The number of carbonyl (C=O) groups excluding carboxylic acids is 1. The van der Waals surface area contributed by atoms with Crippen LogP contribution < -0.4 is 19.1 Å². The van der Waals surface area contributed by atoms with E-state index >= 15 is 0 Å². The number of carbonyl (C=O) groups is 1. The van der Waals surface area contributed by atoms with Crippen molar-refractivity contribution < 1.29 is 27.1 Å². The van der Waals surface area contributed by atoms with Crippen LogP contribution in [0.2, 0.25) is 0 Å². The first-order chi connectivity index (χ1) is 13.3. The van der Waals surface area contributed by atoms with Gasteiger partial charge in [-0.1, -0.05) is 12.1 Å². The molecule has 7 nitrogen and oxygen atoms in total. The molecule has 150 valence electrons. The van der Waals surface area contributed by atoms with Crippen LogP contribution in [0.3, 0.4) is 0 Å². The zero-order valence-corrected chi connectivity index (χ0v) is 16.3. The molecule has 0 saturated heterocycles. The number of sulfonamides is 1. The van der Waals surface area contributed by atoms with Gasteiger partial charge in [0.2, 0.25) is 22.7 Å². The quantitative estimate of drug-likeness (QED) is 0.761. The minimum atomic E-state index is -3.71. The fourth-order valence-corrected chi connectivity index (χ4v) is 3.86. The second kappa shape index (κ2) is 8.05. The van der Waals surface area contributed by atoms with E-state index in [1.807, 2.05) is 0 Å². The number of rotatable bonds is 7. The third-order valence-electron chi connectivity index (χ3n) is 4.38. The van der Waals surface area contributed by atoms with Crippen LogP contribution in [0.25, 0.3) is 0 Å². The first-order valence-electron chi connectivity index (χ1n) is 8.75. The Labute approximate surface area is 163 Å². The molecule has 3 rings (SSSR count). The van der Waals surface area contributed by atoms with Crippen molar-refractivity contribution in [1.82, 2.24) is 5.32 Å². The van der Waals surface area contributed by atoms with E-state index in [9.17, 15) is 17.6 Å². The average Bonchev–Trinajstić information content (AvgIpc) is 3.14. The number of anilines is 1. The van der Waals surface area contributed by atoms with E-state index in [0.29, 0.717) is 22.7 Å². The van der Waals surface area contributed by atoms with Crippen molar-refractivity contribution >= 4 is 21.6 Å². The number of fused-ring (bicyclic) bond motifs is 1. The molecule has 0 radical (unpaired) electrons. The molecule has 0 bridgehead atoms. The monoisotopic (exact) mass is 408 g/mol. The van der Waals surface area contributed by atoms with Crippen molar-refractivity contribution in [2.75, 3.05) is 23.4 Å². The molecule has 1 heterocycles. The molecule has 1 amide bonds. The van der Waals surface area contributed by atoms with E-state index in [2.05, 4.69) is 5.32 Å². The highest BCUT2D eigenvalue weighted by atomic mass is 32.2. The molecule has 0 saturated carbocycles. The van der Waals surface area contributed by atoms with Crippen molar-refractivity contribution in [2.24, 2.45) is 0 Å². The fraction of sp³-hybridized carbons (Fsp3) is 0.316. The summed E-state index contributed by atoms with van der Waals surface area (Å²) in [4.78, 5) is 12.5. The van der Waals surface area contributed by atoms with Gasteiger partial charge in [0.15, 0.2) is 11.5 Å². The molecule has 0 aliphatic carbocycles. The second-order valence-corrected chi connectivity index (χ2v) is 8.47. The van der Waals surface area contributed by atoms with E-state index in [4.69, 9.17) is 9.47 Å². The molecular formula is C19H21FN2O5S. The lowest BCUT2D eigenvalue weighted by atomic mass is 10.1. The molecule has 1 aliphatic heterocycles. The van der Waals surface area contributed by atoms with Gasteiger partial charge in [-0.05, 0) is 43.7 Å². The Morgan fingerprint density at radius 2 is 1.86 bits per heavy atom. The zero-order chi connectivity index (χ0) is 20.3. The minimum absolute atomic E-state index is 0.0645. The molecule has 0 spiro atoms. The Morgan fingerprint density at radius 3 is 2.54 bits per heavy atom. The molecule has 28 heavy (non-hydrogen) atoms. The number of nitrogens with zero attached hydrogens (tertiary/aromatic N) is 1. The average molecular weight is 408 g/mol. The van der Waals surface area contributed by atoms with E-state index in [1.54, 1.807) is 31.2 Å². The number of nitrogens with one attached hydrogen (secondary N) is 1. The zero-order valence-electron chi connectivity index (χ0n) is 15.5. The maximum Gasteiger partial charge on any atom is 0.241 e. The van der Waals surface area contributed by atoms with Gasteiger partial charge in [0, 0.05) is 6.07 Å². The summed E-state index contributed by atoms with van der Waals surface area (Å²) in [7, 11) is -3.71. The van der Waals surface area contributed by atoms with Crippen LogP contribution >= 0.6 is 0 Å². The highest BCUT2D eigenvalue weighted by Crippen LogP contribution is 2.36. The van der Waals surface area contributed by atoms with Gasteiger partial charge < -0.3 is 14.8 Å². The summed E-state index contributed by atoms with van der Waals surface area (Å²) in [5.41, 5.74) is 1.03. The van der Waals surface area contributed by atoms with Crippen LogP contribution in [0.1, 0.15) is 25.5 Å². The molecule has 9 heteroatoms. The van der Waals surface area contributed by atoms with Gasteiger partial charge in [-0.15, -0.1) is 0 Å². The van der Waals surface area contributed by atoms with Crippen LogP contribution in [0, 0.1) is 5.82 Å². The van der Waals surface area contributed by atoms with Gasteiger partial charge in [-0.3, -0.25) is 9.10 Å². The van der Waals surface area contributed by atoms with Gasteiger partial charge in [0.25, 0.3) is 0 Å². The predicted molar refractivity (Wildman–Crippen MR) is 102 cm³/mol. The lowest BCUT2D eigenvalue weighted by molar-refractivity contribution is -0.120. The molecular weight excluding hydrogens is 387 g/mol. The number of halogens is 1. The predicted octanol–water partition coefficient (Wildman–Crippen LogP) is 2.59. The summed E-state index contributed by atoms with van der Waals surface area (Å²) in [5.74, 6) is -0.0694. The summed E-state index contributed by atoms with van der Waals surface area (Å²) >= 11 is 0. The van der Waals surface area contributed by atoms with Gasteiger partial charge in [0.1, 0.15) is 12.4 Å². The maximum atomic E-state index is 13.1. The third-order valence-corrected chi connectivity index (χ3v) is 6.12. The van der Waals surface area contributed by atoms with Crippen molar-refractivity contribution in [3.8, 4) is 11.5 Å². The Kier molecular flexibility index (Phi) is 5.73.